The maximum atomic E-state index is 12.8. The first kappa shape index (κ1) is 21.8. The smallest absolute Gasteiger partial charge is 0.254 e. The van der Waals surface area contributed by atoms with E-state index in [0.29, 0.717) is 23.6 Å². The molecule has 0 radical (unpaired) electrons. The number of fused-ring (bicyclic) bond motifs is 2. The third-order valence-electron chi connectivity index (χ3n) is 6.41. The zero-order valence-corrected chi connectivity index (χ0v) is 19.5. The zero-order valence-electron chi connectivity index (χ0n) is 19.5. The Morgan fingerprint density at radius 3 is 2.79 bits per heavy atom. The van der Waals surface area contributed by atoms with Gasteiger partial charge in [0.15, 0.2) is 0 Å². The van der Waals surface area contributed by atoms with E-state index in [9.17, 15) is 4.79 Å². The number of amides is 1. The molecule has 1 amide bonds. The van der Waals surface area contributed by atoms with Crippen LogP contribution in [0.2, 0.25) is 0 Å². The number of aliphatic imine (C=N–C) groups is 1. The largest absolute Gasteiger partial charge is 0.372 e. The summed E-state index contributed by atoms with van der Waals surface area (Å²) < 4.78 is 1.97. The number of nitrogens with one attached hydrogen (secondary N) is 2. The summed E-state index contributed by atoms with van der Waals surface area (Å²) in [7, 11) is 2.14. The van der Waals surface area contributed by atoms with E-state index in [4.69, 9.17) is 4.98 Å². The van der Waals surface area contributed by atoms with Crippen molar-refractivity contribution in [3.8, 4) is 11.4 Å². The van der Waals surface area contributed by atoms with Gasteiger partial charge in [0.2, 0.25) is 0 Å². The molecular weight excluding hydrogens is 428 g/mol. The van der Waals surface area contributed by atoms with Crippen LogP contribution in [0, 0.1) is 0 Å². The SMILES string of the molecule is C=N/C(=C\C=C(/C)N1CCN(C)CC1)Nc1cnc(-c2cnc3ccccn23)c2c1C(=O)NC2. The van der Waals surface area contributed by atoms with Crippen LogP contribution in [0.1, 0.15) is 22.8 Å². The molecule has 3 aromatic rings. The number of hydrogen-bond donors (Lipinski definition) is 2. The van der Waals surface area contributed by atoms with E-state index in [0.717, 1.165) is 48.8 Å². The number of anilines is 1. The van der Waals surface area contributed by atoms with Crippen molar-refractivity contribution >= 4 is 24.0 Å². The van der Waals surface area contributed by atoms with Crippen LogP contribution in [-0.4, -0.2) is 70.0 Å². The van der Waals surface area contributed by atoms with E-state index in [1.807, 2.05) is 40.9 Å². The molecule has 5 rings (SSSR count). The Labute approximate surface area is 198 Å². The maximum absolute atomic E-state index is 12.8. The summed E-state index contributed by atoms with van der Waals surface area (Å²) in [6, 6.07) is 5.83. The molecule has 3 aromatic heterocycles. The van der Waals surface area contributed by atoms with Gasteiger partial charge in [0, 0.05) is 50.2 Å². The number of hydrogen-bond acceptors (Lipinski definition) is 7. The van der Waals surface area contributed by atoms with Crippen LogP contribution in [0.4, 0.5) is 5.69 Å². The second-order valence-electron chi connectivity index (χ2n) is 8.56. The molecule has 0 aromatic carbocycles. The summed E-state index contributed by atoms with van der Waals surface area (Å²) in [4.78, 5) is 30.7. The van der Waals surface area contributed by atoms with Gasteiger partial charge in [-0.1, -0.05) is 6.07 Å². The highest BCUT2D eigenvalue weighted by atomic mass is 16.1. The Morgan fingerprint density at radius 2 is 2.00 bits per heavy atom. The number of carbonyl (C=O) groups is 1. The van der Waals surface area contributed by atoms with E-state index in [1.54, 1.807) is 12.4 Å². The summed E-state index contributed by atoms with van der Waals surface area (Å²) in [6.07, 6.45) is 9.33. The van der Waals surface area contributed by atoms with Crippen molar-refractivity contribution in [2.24, 2.45) is 4.99 Å². The molecule has 2 aliphatic rings. The van der Waals surface area contributed by atoms with Gasteiger partial charge in [0.05, 0.1) is 35.0 Å². The molecule has 0 spiro atoms. The molecule has 174 valence electrons. The molecular formula is C25H28N8O. The Kier molecular flexibility index (Phi) is 5.85. The Morgan fingerprint density at radius 1 is 1.18 bits per heavy atom. The molecule has 34 heavy (non-hydrogen) atoms. The monoisotopic (exact) mass is 456 g/mol. The summed E-state index contributed by atoms with van der Waals surface area (Å²) in [5.74, 6) is 0.419. The lowest BCUT2D eigenvalue weighted by molar-refractivity contribution is 0.0966. The molecule has 0 bridgehead atoms. The molecule has 1 fully saturated rings. The first-order valence-electron chi connectivity index (χ1n) is 11.3. The molecule has 1 saturated heterocycles. The second kappa shape index (κ2) is 9.11. The fraction of sp³-hybridized carbons (Fsp3) is 0.280. The van der Waals surface area contributed by atoms with Gasteiger partial charge in [-0.2, -0.15) is 0 Å². The molecule has 2 aliphatic heterocycles. The molecule has 0 saturated carbocycles. The Hall–Kier alpha value is -3.98. The number of aromatic nitrogens is 3. The summed E-state index contributed by atoms with van der Waals surface area (Å²) >= 11 is 0. The van der Waals surface area contributed by atoms with Crippen LogP contribution < -0.4 is 10.6 Å². The second-order valence-corrected chi connectivity index (χ2v) is 8.56. The van der Waals surface area contributed by atoms with Gasteiger partial charge in [-0.05, 0) is 45.0 Å². The predicted molar refractivity (Wildman–Crippen MR) is 134 cm³/mol. The minimum absolute atomic E-state index is 0.137. The standard InChI is InChI=1S/C25H28N8O/c1-17(32-12-10-31(3)11-13-32)7-8-21(26-2)30-19-15-28-24(18-14-29-25(34)23(18)19)20-16-27-22-6-4-5-9-33(20)22/h4-9,15-16,30H,2,10-14H2,1,3H3,(H,29,34)/b17-7+,21-8+. The molecule has 9 nitrogen and oxygen atoms in total. The lowest BCUT2D eigenvalue weighted by Gasteiger charge is -2.34. The van der Waals surface area contributed by atoms with Crippen molar-refractivity contribution in [2.45, 2.75) is 13.5 Å². The lowest BCUT2D eigenvalue weighted by atomic mass is 10.1. The molecule has 0 unspecified atom stereocenters. The normalized spacial score (nSPS) is 17.1. The van der Waals surface area contributed by atoms with Crippen molar-refractivity contribution < 1.29 is 4.79 Å². The molecule has 0 aliphatic carbocycles. The van der Waals surface area contributed by atoms with Crippen molar-refractivity contribution in [1.29, 1.82) is 0 Å². The predicted octanol–water partition coefficient (Wildman–Crippen LogP) is 2.74. The quantitative estimate of drug-likeness (QED) is 0.438. The number of nitrogens with zero attached hydrogens (tertiary/aromatic N) is 6. The summed E-state index contributed by atoms with van der Waals surface area (Å²) in [5, 5.41) is 6.18. The number of pyridine rings is 2. The van der Waals surface area contributed by atoms with Gasteiger partial charge < -0.3 is 20.4 Å². The summed E-state index contributed by atoms with van der Waals surface area (Å²) in [6.45, 7) is 10.3. The van der Waals surface area contributed by atoms with Crippen LogP contribution in [0.15, 0.2) is 65.5 Å². The Bertz CT molecular complexity index is 1310. The van der Waals surface area contributed by atoms with E-state index >= 15 is 0 Å². The minimum Gasteiger partial charge on any atom is -0.372 e. The molecule has 9 heteroatoms. The van der Waals surface area contributed by atoms with E-state index in [1.165, 1.54) is 5.70 Å². The third-order valence-corrected chi connectivity index (χ3v) is 6.41. The average molecular weight is 457 g/mol. The van der Waals surface area contributed by atoms with E-state index < -0.39 is 0 Å². The molecule has 5 heterocycles. The highest BCUT2D eigenvalue weighted by Gasteiger charge is 2.28. The van der Waals surface area contributed by atoms with E-state index in [-0.39, 0.29) is 5.91 Å². The van der Waals surface area contributed by atoms with Crippen LogP contribution in [0.25, 0.3) is 17.0 Å². The minimum atomic E-state index is -0.137. The van der Waals surface area contributed by atoms with Crippen molar-refractivity contribution in [1.82, 2.24) is 29.5 Å². The number of likely N-dealkylation sites (N-methyl/N-ethyl adjacent to an activating group) is 1. The average Bonchev–Trinajstić information content (AvgIpc) is 3.46. The molecule has 0 atom stereocenters. The van der Waals surface area contributed by atoms with Crippen molar-refractivity contribution in [3.63, 3.8) is 0 Å². The lowest BCUT2D eigenvalue weighted by Crippen LogP contribution is -2.43. The van der Waals surface area contributed by atoms with Gasteiger partial charge >= 0.3 is 0 Å². The van der Waals surface area contributed by atoms with Gasteiger partial charge in [0.1, 0.15) is 11.5 Å². The highest BCUT2D eigenvalue weighted by molar-refractivity contribution is 6.05. The van der Waals surface area contributed by atoms with Crippen molar-refractivity contribution in [3.05, 3.63) is 71.6 Å². The van der Waals surface area contributed by atoms with Crippen LogP contribution in [0.3, 0.4) is 0 Å². The number of piperazine rings is 1. The number of imidazole rings is 1. The van der Waals surface area contributed by atoms with Gasteiger partial charge in [0.25, 0.3) is 5.91 Å². The number of allylic oxidation sites excluding steroid dienone is 3. The fourth-order valence-electron chi connectivity index (χ4n) is 4.40. The van der Waals surface area contributed by atoms with Gasteiger partial charge in [-0.25, -0.2) is 9.98 Å². The third kappa shape index (κ3) is 4.06. The number of rotatable bonds is 6. The zero-order chi connectivity index (χ0) is 23.7. The first-order valence-corrected chi connectivity index (χ1v) is 11.3. The molecule has 2 N–H and O–H groups in total. The van der Waals surface area contributed by atoms with Crippen LogP contribution in [0.5, 0.6) is 0 Å². The van der Waals surface area contributed by atoms with Crippen molar-refractivity contribution in [2.75, 3.05) is 38.5 Å². The van der Waals surface area contributed by atoms with E-state index in [2.05, 4.69) is 51.1 Å². The summed E-state index contributed by atoms with van der Waals surface area (Å²) in [5.41, 5.74) is 5.60. The fourth-order valence-corrected chi connectivity index (χ4v) is 4.40. The highest BCUT2D eigenvalue weighted by Crippen LogP contribution is 2.33. The maximum Gasteiger partial charge on any atom is 0.254 e. The number of carbonyl (C=O) groups excluding carboxylic acids is 1. The van der Waals surface area contributed by atoms with Gasteiger partial charge in [-0.15, -0.1) is 0 Å². The first-order chi connectivity index (χ1) is 16.5. The van der Waals surface area contributed by atoms with Crippen LogP contribution >= 0.6 is 0 Å². The Balaban J connectivity index is 1.44. The topological polar surface area (TPSA) is 90.2 Å². The van der Waals surface area contributed by atoms with Crippen LogP contribution in [-0.2, 0) is 6.54 Å². The van der Waals surface area contributed by atoms with Gasteiger partial charge in [-0.3, -0.25) is 14.2 Å².